The fourth-order valence-electron chi connectivity index (χ4n) is 1.47. The van der Waals surface area contributed by atoms with Crippen LogP contribution in [0.15, 0.2) is 29.2 Å². The van der Waals surface area contributed by atoms with Crippen molar-refractivity contribution in [3.63, 3.8) is 0 Å². The molecule has 0 aliphatic heterocycles. The van der Waals surface area contributed by atoms with Gasteiger partial charge in [0, 0.05) is 18.2 Å². The Balaban J connectivity index is 2.92. The molecule has 4 N–H and O–H groups in total. The highest BCUT2D eigenvalue weighted by atomic mass is 32.2. The van der Waals surface area contributed by atoms with Crippen LogP contribution in [0.3, 0.4) is 0 Å². The molecule has 0 bridgehead atoms. The average molecular weight is 339 g/mol. The molecule has 0 saturated heterocycles. The van der Waals surface area contributed by atoms with Gasteiger partial charge >= 0.3 is 6.18 Å². The first-order valence-corrected chi connectivity index (χ1v) is 7.71. The van der Waals surface area contributed by atoms with Gasteiger partial charge in [-0.2, -0.15) is 13.2 Å². The van der Waals surface area contributed by atoms with E-state index in [9.17, 15) is 26.4 Å². The van der Waals surface area contributed by atoms with Crippen molar-refractivity contribution in [1.29, 1.82) is 0 Å². The van der Waals surface area contributed by atoms with E-state index < -0.39 is 34.7 Å². The summed E-state index contributed by atoms with van der Waals surface area (Å²) in [4.78, 5) is 11.4. The van der Waals surface area contributed by atoms with Crippen LogP contribution in [-0.4, -0.2) is 39.6 Å². The Morgan fingerprint density at radius 3 is 2.55 bits per heavy atom. The van der Waals surface area contributed by atoms with Crippen LogP contribution < -0.4 is 15.8 Å². The van der Waals surface area contributed by atoms with Crippen LogP contribution in [0.1, 0.15) is 17.3 Å². The van der Waals surface area contributed by atoms with E-state index in [2.05, 4.69) is 4.72 Å². The highest BCUT2D eigenvalue weighted by molar-refractivity contribution is 7.89. The zero-order valence-corrected chi connectivity index (χ0v) is 12.5. The molecule has 1 atom stereocenters. The van der Waals surface area contributed by atoms with Gasteiger partial charge in [-0.15, -0.1) is 0 Å². The second-order valence-corrected chi connectivity index (χ2v) is 6.30. The molecule has 0 radical (unpaired) electrons. The minimum atomic E-state index is -4.54. The molecule has 0 heterocycles. The summed E-state index contributed by atoms with van der Waals surface area (Å²) in [6.07, 6.45) is -4.54. The molecule has 0 spiro atoms. The van der Waals surface area contributed by atoms with Crippen LogP contribution in [-0.2, 0) is 10.0 Å². The highest BCUT2D eigenvalue weighted by Crippen LogP contribution is 2.14. The molecule has 0 fully saturated rings. The van der Waals surface area contributed by atoms with Crippen LogP contribution in [0.4, 0.5) is 13.2 Å². The van der Waals surface area contributed by atoms with E-state index in [1.807, 2.05) is 0 Å². The number of amides is 1. The van der Waals surface area contributed by atoms with Crippen molar-refractivity contribution < 1.29 is 26.4 Å². The molecule has 1 aromatic carbocycles. The number of benzene rings is 1. The number of sulfonamides is 1. The Kier molecular flexibility index (Phi) is 5.92. The molecule has 0 unspecified atom stereocenters. The summed E-state index contributed by atoms with van der Waals surface area (Å²) in [5, 5.41) is 1.67. The Hall–Kier alpha value is -1.65. The summed E-state index contributed by atoms with van der Waals surface area (Å²) in [6.45, 7) is 0.133. The average Bonchev–Trinajstić information content (AvgIpc) is 2.43. The van der Waals surface area contributed by atoms with Gasteiger partial charge < -0.3 is 11.1 Å². The minimum Gasteiger partial charge on any atom is -0.343 e. The monoisotopic (exact) mass is 339 g/mol. The largest absolute Gasteiger partial charge is 0.405 e. The Morgan fingerprint density at radius 2 is 2.00 bits per heavy atom. The number of carbonyl (C=O) groups is 1. The van der Waals surface area contributed by atoms with Crippen LogP contribution >= 0.6 is 0 Å². The van der Waals surface area contributed by atoms with Crippen LogP contribution in [0, 0.1) is 0 Å². The summed E-state index contributed by atoms with van der Waals surface area (Å²) in [7, 11) is -3.90. The predicted octanol–water partition coefficient (Wildman–Crippen LogP) is 0.604. The van der Waals surface area contributed by atoms with Crippen LogP contribution in [0.2, 0.25) is 0 Å². The van der Waals surface area contributed by atoms with Gasteiger partial charge in [0.25, 0.3) is 5.91 Å². The number of carbonyl (C=O) groups excluding carboxylic acids is 1. The second kappa shape index (κ2) is 7.07. The van der Waals surface area contributed by atoms with E-state index in [1.54, 1.807) is 12.2 Å². The molecule has 0 aromatic heterocycles. The van der Waals surface area contributed by atoms with Crippen LogP contribution in [0.25, 0.3) is 0 Å². The fourth-order valence-corrected chi connectivity index (χ4v) is 2.77. The van der Waals surface area contributed by atoms with Gasteiger partial charge in [0.15, 0.2) is 0 Å². The molecule has 0 aliphatic carbocycles. The highest BCUT2D eigenvalue weighted by Gasteiger charge is 2.28. The second-order valence-electron chi connectivity index (χ2n) is 4.58. The molecule has 1 amide bonds. The third-order valence-corrected chi connectivity index (χ3v) is 4.15. The lowest BCUT2D eigenvalue weighted by Gasteiger charge is -2.13. The number of nitrogens with two attached hydrogens (primary N) is 1. The molecule has 22 heavy (non-hydrogen) atoms. The topological polar surface area (TPSA) is 101 Å². The SMILES string of the molecule is C[C@@H](CN)NS(=O)(=O)c1cccc(C(=O)NCC(F)(F)F)c1. The van der Waals surface area contributed by atoms with Gasteiger partial charge in [0.2, 0.25) is 10.0 Å². The van der Waals surface area contributed by atoms with Crippen molar-refractivity contribution in [2.75, 3.05) is 13.1 Å². The normalized spacial score (nSPS) is 13.7. The number of hydrogen-bond acceptors (Lipinski definition) is 4. The van der Waals surface area contributed by atoms with E-state index in [1.165, 1.54) is 18.2 Å². The zero-order chi connectivity index (χ0) is 17.0. The fraction of sp³-hybridized carbons (Fsp3) is 0.417. The Bertz CT molecular complexity index is 632. The van der Waals surface area contributed by atoms with Gasteiger partial charge in [-0.05, 0) is 25.1 Å². The molecule has 10 heteroatoms. The smallest absolute Gasteiger partial charge is 0.343 e. The lowest BCUT2D eigenvalue weighted by Crippen LogP contribution is -2.38. The maximum atomic E-state index is 12.1. The zero-order valence-electron chi connectivity index (χ0n) is 11.6. The summed E-state index contributed by atoms with van der Waals surface area (Å²) in [5.41, 5.74) is 5.13. The summed E-state index contributed by atoms with van der Waals surface area (Å²) >= 11 is 0. The third kappa shape index (κ3) is 5.62. The van der Waals surface area contributed by atoms with E-state index in [0.29, 0.717) is 0 Å². The first kappa shape index (κ1) is 18.4. The van der Waals surface area contributed by atoms with Gasteiger partial charge in [-0.25, -0.2) is 13.1 Å². The first-order valence-electron chi connectivity index (χ1n) is 6.22. The molecule has 124 valence electrons. The van der Waals surface area contributed by atoms with Gasteiger partial charge in [0.05, 0.1) is 4.90 Å². The summed E-state index contributed by atoms with van der Waals surface area (Å²) in [6, 6.07) is 4.19. The molecule has 0 aliphatic rings. The van der Waals surface area contributed by atoms with Crippen molar-refractivity contribution in [2.24, 2.45) is 5.73 Å². The van der Waals surface area contributed by atoms with E-state index in [0.717, 1.165) is 6.07 Å². The maximum absolute atomic E-state index is 12.1. The number of hydrogen-bond donors (Lipinski definition) is 3. The molecular weight excluding hydrogens is 323 g/mol. The van der Waals surface area contributed by atoms with Gasteiger partial charge in [-0.1, -0.05) is 6.07 Å². The summed E-state index contributed by atoms with van der Waals surface area (Å²) < 4.78 is 62.5. The Labute approximate surface area is 125 Å². The number of rotatable bonds is 6. The molecule has 0 saturated carbocycles. The first-order chi connectivity index (χ1) is 10.0. The number of alkyl halides is 3. The van der Waals surface area contributed by atoms with E-state index in [4.69, 9.17) is 5.73 Å². The maximum Gasteiger partial charge on any atom is 0.405 e. The minimum absolute atomic E-state index is 0.0744. The standard InChI is InChI=1S/C12H16F3N3O3S/c1-8(6-16)18-22(20,21)10-4-2-3-9(5-10)11(19)17-7-12(13,14)15/h2-5,8,18H,6-7,16H2,1H3,(H,17,19)/t8-/m0/s1. The summed E-state index contributed by atoms with van der Waals surface area (Å²) in [5.74, 6) is -1.01. The lowest BCUT2D eigenvalue weighted by atomic mass is 10.2. The molecule has 1 aromatic rings. The molecule has 1 rings (SSSR count). The Morgan fingerprint density at radius 1 is 1.36 bits per heavy atom. The van der Waals surface area contributed by atoms with Crippen molar-refractivity contribution in [2.45, 2.75) is 24.0 Å². The third-order valence-electron chi connectivity index (χ3n) is 2.57. The molecule has 6 nitrogen and oxygen atoms in total. The molecular formula is C12H16F3N3O3S. The number of halogens is 3. The quantitative estimate of drug-likeness (QED) is 0.706. The predicted molar refractivity (Wildman–Crippen MR) is 73.7 cm³/mol. The van der Waals surface area contributed by atoms with Crippen molar-refractivity contribution >= 4 is 15.9 Å². The van der Waals surface area contributed by atoms with Crippen molar-refractivity contribution in [1.82, 2.24) is 10.0 Å². The van der Waals surface area contributed by atoms with Crippen LogP contribution in [0.5, 0.6) is 0 Å². The van der Waals surface area contributed by atoms with Crippen molar-refractivity contribution in [3.8, 4) is 0 Å². The van der Waals surface area contributed by atoms with E-state index in [-0.39, 0.29) is 17.0 Å². The van der Waals surface area contributed by atoms with Gasteiger partial charge in [0.1, 0.15) is 6.54 Å². The van der Waals surface area contributed by atoms with E-state index >= 15 is 0 Å². The van der Waals surface area contributed by atoms with Crippen molar-refractivity contribution in [3.05, 3.63) is 29.8 Å². The number of nitrogens with one attached hydrogen (secondary N) is 2. The lowest BCUT2D eigenvalue weighted by molar-refractivity contribution is -0.123. The van der Waals surface area contributed by atoms with Gasteiger partial charge in [-0.3, -0.25) is 4.79 Å².